The maximum Gasteiger partial charge on any atom is 0.266 e. The molecule has 0 amide bonds. The number of hydrogen-bond donors (Lipinski definition) is 0. The number of nitrogens with zero attached hydrogens (tertiary/aromatic N) is 3. The van der Waals surface area contributed by atoms with Gasteiger partial charge < -0.3 is 0 Å². The zero-order valence-electron chi connectivity index (χ0n) is 11.8. The first-order valence-corrected chi connectivity index (χ1v) is 6.74. The fourth-order valence-electron chi connectivity index (χ4n) is 2.20. The van der Waals surface area contributed by atoms with Crippen molar-refractivity contribution in [3.05, 3.63) is 71.7 Å². The highest BCUT2D eigenvalue weighted by Crippen LogP contribution is 2.26. The SMILES string of the molecule is Fc1cncc(Cn2ccc(-c3ccc(C(F)F)c(F)c3)n2)c1. The summed E-state index contributed by atoms with van der Waals surface area (Å²) in [5.41, 5.74) is 0.815. The van der Waals surface area contributed by atoms with E-state index in [-0.39, 0.29) is 0 Å². The Hall–Kier alpha value is -2.70. The van der Waals surface area contributed by atoms with Gasteiger partial charge in [0.25, 0.3) is 6.43 Å². The fourth-order valence-corrected chi connectivity index (χ4v) is 2.20. The van der Waals surface area contributed by atoms with Crippen molar-refractivity contribution in [2.45, 2.75) is 13.0 Å². The molecule has 0 radical (unpaired) electrons. The molecule has 2 heterocycles. The standard InChI is InChI=1S/C16H11F4N3/c17-12-5-10(7-21-8-12)9-23-4-3-15(22-23)11-1-2-13(16(19)20)14(18)6-11/h1-8,16H,9H2. The molecule has 3 nitrogen and oxygen atoms in total. The first-order chi connectivity index (χ1) is 11.0. The van der Waals surface area contributed by atoms with E-state index in [9.17, 15) is 17.6 Å². The van der Waals surface area contributed by atoms with Gasteiger partial charge in [0.2, 0.25) is 0 Å². The van der Waals surface area contributed by atoms with Gasteiger partial charge in [-0.3, -0.25) is 9.67 Å². The normalized spacial score (nSPS) is 11.2. The topological polar surface area (TPSA) is 30.7 Å². The van der Waals surface area contributed by atoms with Crippen LogP contribution in [0, 0.1) is 11.6 Å². The second kappa shape index (κ2) is 6.20. The van der Waals surface area contributed by atoms with Gasteiger partial charge in [-0.1, -0.05) is 6.07 Å². The smallest absolute Gasteiger partial charge is 0.266 e. The summed E-state index contributed by atoms with van der Waals surface area (Å²) in [6.45, 7) is 0.294. The fraction of sp³-hybridized carbons (Fsp3) is 0.125. The van der Waals surface area contributed by atoms with Crippen LogP contribution in [0.15, 0.2) is 48.9 Å². The molecular weight excluding hydrogens is 310 g/mol. The Labute approximate surface area is 129 Å². The number of halogens is 4. The van der Waals surface area contributed by atoms with E-state index in [0.717, 1.165) is 18.3 Å². The molecule has 0 aliphatic heterocycles. The average molecular weight is 321 g/mol. The molecule has 0 bridgehead atoms. The Morgan fingerprint density at radius 2 is 1.87 bits per heavy atom. The van der Waals surface area contributed by atoms with Crippen LogP contribution in [0.3, 0.4) is 0 Å². The van der Waals surface area contributed by atoms with Crippen LogP contribution >= 0.6 is 0 Å². The summed E-state index contributed by atoms with van der Waals surface area (Å²) < 4.78 is 53.3. The molecule has 0 fully saturated rings. The molecule has 0 atom stereocenters. The van der Waals surface area contributed by atoms with Gasteiger partial charge in [-0.25, -0.2) is 17.6 Å². The van der Waals surface area contributed by atoms with Gasteiger partial charge in [-0.2, -0.15) is 5.10 Å². The molecule has 3 aromatic rings. The quantitative estimate of drug-likeness (QED) is 0.674. The van der Waals surface area contributed by atoms with Gasteiger partial charge in [0.05, 0.1) is 24.0 Å². The summed E-state index contributed by atoms with van der Waals surface area (Å²) >= 11 is 0. The molecule has 0 spiro atoms. The minimum atomic E-state index is -2.86. The van der Waals surface area contributed by atoms with Crippen LogP contribution < -0.4 is 0 Å². The van der Waals surface area contributed by atoms with E-state index < -0.39 is 23.6 Å². The lowest BCUT2D eigenvalue weighted by Gasteiger charge is -2.04. The predicted molar refractivity (Wildman–Crippen MR) is 75.9 cm³/mol. The minimum absolute atomic E-state index is 0.294. The average Bonchev–Trinajstić information content (AvgIpc) is 2.95. The van der Waals surface area contributed by atoms with E-state index in [1.807, 2.05) is 0 Å². The van der Waals surface area contributed by atoms with E-state index in [1.165, 1.54) is 23.0 Å². The Morgan fingerprint density at radius 1 is 1.04 bits per heavy atom. The molecular formula is C16H11F4N3. The molecule has 0 aliphatic carbocycles. The highest BCUT2D eigenvalue weighted by Gasteiger charge is 2.14. The predicted octanol–water partition coefficient (Wildman–Crippen LogP) is 4.21. The lowest BCUT2D eigenvalue weighted by molar-refractivity contribution is 0.146. The molecule has 118 valence electrons. The molecule has 0 aliphatic rings. The van der Waals surface area contributed by atoms with E-state index in [0.29, 0.717) is 23.4 Å². The number of benzene rings is 1. The van der Waals surface area contributed by atoms with Crippen LogP contribution in [0.25, 0.3) is 11.3 Å². The van der Waals surface area contributed by atoms with Crippen molar-refractivity contribution in [1.29, 1.82) is 0 Å². The van der Waals surface area contributed by atoms with Crippen LogP contribution in [0.1, 0.15) is 17.6 Å². The molecule has 0 saturated carbocycles. The highest BCUT2D eigenvalue weighted by molar-refractivity contribution is 5.59. The Morgan fingerprint density at radius 3 is 2.57 bits per heavy atom. The molecule has 23 heavy (non-hydrogen) atoms. The molecule has 0 unspecified atom stereocenters. The number of alkyl halides is 2. The van der Waals surface area contributed by atoms with Crippen molar-refractivity contribution >= 4 is 0 Å². The van der Waals surface area contributed by atoms with E-state index in [4.69, 9.17) is 0 Å². The molecule has 2 aromatic heterocycles. The number of rotatable bonds is 4. The molecule has 1 aromatic carbocycles. The van der Waals surface area contributed by atoms with Gasteiger partial charge in [-0.05, 0) is 29.8 Å². The third-order valence-electron chi connectivity index (χ3n) is 3.28. The zero-order chi connectivity index (χ0) is 16.4. The second-order valence-corrected chi connectivity index (χ2v) is 4.95. The van der Waals surface area contributed by atoms with Gasteiger partial charge in [-0.15, -0.1) is 0 Å². The summed E-state index contributed by atoms with van der Waals surface area (Å²) in [6.07, 6.45) is 1.40. The highest BCUT2D eigenvalue weighted by atomic mass is 19.3. The van der Waals surface area contributed by atoms with Crippen LogP contribution in [-0.2, 0) is 6.54 Å². The molecule has 3 rings (SSSR count). The third-order valence-corrected chi connectivity index (χ3v) is 3.28. The Balaban J connectivity index is 1.83. The van der Waals surface area contributed by atoms with Crippen molar-refractivity contribution < 1.29 is 17.6 Å². The van der Waals surface area contributed by atoms with E-state index >= 15 is 0 Å². The monoisotopic (exact) mass is 321 g/mol. The van der Waals surface area contributed by atoms with Gasteiger partial charge in [0.1, 0.15) is 11.6 Å². The summed E-state index contributed by atoms with van der Waals surface area (Å²) in [5.74, 6) is -1.42. The van der Waals surface area contributed by atoms with Crippen molar-refractivity contribution in [2.24, 2.45) is 0 Å². The third kappa shape index (κ3) is 3.39. The van der Waals surface area contributed by atoms with Gasteiger partial charge in [0, 0.05) is 18.0 Å². The summed E-state index contributed by atoms with van der Waals surface area (Å²) in [6, 6.07) is 6.43. The van der Waals surface area contributed by atoms with Crippen molar-refractivity contribution in [2.75, 3.05) is 0 Å². The van der Waals surface area contributed by atoms with Gasteiger partial charge >= 0.3 is 0 Å². The lowest BCUT2D eigenvalue weighted by Crippen LogP contribution is -2.01. The Bertz CT molecular complexity index is 830. The van der Waals surface area contributed by atoms with E-state index in [2.05, 4.69) is 10.1 Å². The summed E-state index contributed by atoms with van der Waals surface area (Å²) in [7, 11) is 0. The zero-order valence-corrected chi connectivity index (χ0v) is 11.8. The molecule has 7 heteroatoms. The van der Waals surface area contributed by atoms with Crippen LogP contribution in [0.5, 0.6) is 0 Å². The van der Waals surface area contributed by atoms with Crippen LogP contribution in [0.4, 0.5) is 17.6 Å². The van der Waals surface area contributed by atoms with Crippen LogP contribution in [-0.4, -0.2) is 14.8 Å². The summed E-state index contributed by atoms with van der Waals surface area (Å²) in [4.78, 5) is 3.75. The maximum absolute atomic E-state index is 13.6. The first kappa shape index (κ1) is 15.2. The van der Waals surface area contributed by atoms with E-state index in [1.54, 1.807) is 12.3 Å². The van der Waals surface area contributed by atoms with Crippen molar-refractivity contribution in [1.82, 2.24) is 14.8 Å². The first-order valence-electron chi connectivity index (χ1n) is 6.74. The minimum Gasteiger partial charge on any atom is -0.268 e. The Kier molecular flexibility index (Phi) is 4.10. The number of aromatic nitrogens is 3. The second-order valence-electron chi connectivity index (χ2n) is 4.95. The van der Waals surface area contributed by atoms with Crippen molar-refractivity contribution in [3.8, 4) is 11.3 Å². The largest absolute Gasteiger partial charge is 0.268 e. The number of hydrogen-bond acceptors (Lipinski definition) is 2. The lowest BCUT2D eigenvalue weighted by atomic mass is 10.1. The van der Waals surface area contributed by atoms with Gasteiger partial charge in [0.15, 0.2) is 0 Å². The molecule has 0 saturated heterocycles. The molecule has 0 N–H and O–H groups in total. The van der Waals surface area contributed by atoms with Crippen molar-refractivity contribution in [3.63, 3.8) is 0 Å². The summed E-state index contributed by atoms with van der Waals surface area (Å²) in [5, 5.41) is 4.23. The maximum atomic E-state index is 13.6. The van der Waals surface area contributed by atoms with Crippen LogP contribution in [0.2, 0.25) is 0 Å². The number of pyridine rings is 1.